The van der Waals surface area contributed by atoms with Crippen molar-refractivity contribution < 1.29 is 18.8 Å². The van der Waals surface area contributed by atoms with Crippen molar-refractivity contribution in [3.8, 4) is 0 Å². The van der Waals surface area contributed by atoms with E-state index in [2.05, 4.69) is 43.8 Å². The van der Waals surface area contributed by atoms with Crippen LogP contribution in [0.15, 0.2) is 67.1 Å². The number of hydrogen-bond donors (Lipinski definition) is 0. The molecule has 2 aromatic heterocycles. The minimum atomic E-state index is -2.27. The second-order valence-corrected chi connectivity index (χ2v) is 20.3. The third-order valence-corrected chi connectivity index (χ3v) is 14.2. The first-order valence-corrected chi connectivity index (χ1v) is 19.7. The van der Waals surface area contributed by atoms with Gasteiger partial charge in [0.2, 0.25) is 0 Å². The highest BCUT2D eigenvalue weighted by Crippen LogP contribution is 2.44. The van der Waals surface area contributed by atoms with E-state index in [0.717, 1.165) is 29.5 Å². The minimum absolute atomic E-state index is 0.0388. The minimum Gasteiger partial charge on any atom is -0.444 e. The number of rotatable bonds is 9. The van der Waals surface area contributed by atoms with Gasteiger partial charge in [-0.05, 0) is 100 Å². The highest BCUT2D eigenvalue weighted by Gasteiger charge is 2.47. The van der Waals surface area contributed by atoms with Gasteiger partial charge < -0.3 is 14.1 Å². The summed E-state index contributed by atoms with van der Waals surface area (Å²) in [6, 6.07) is 14.8. The maximum absolute atomic E-state index is 14.0. The lowest BCUT2D eigenvalue weighted by atomic mass is 10.0. The second kappa shape index (κ2) is 14.5. The van der Waals surface area contributed by atoms with Gasteiger partial charge in [0.15, 0.2) is 8.32 Å². The SMILES string of the molecule is CC(c1cccnc1)N(C)C(=O)c1ccc(CC2CCC(C(O[Si](C)(C)C(C)(C)C)c3ccc(Cl)nc3)N2C(=O)OC(C)(C)C)cc1. The maximum Gasteiger partial charge on any atom is 0.410 e. The van der Waals surface area contributed by atoms with Crippen LogP contribution in [0.3, 0.4) is 0 Å². The van der Waals surface area contributed by atoms with Gasteiger partial charge in [0.1, 0.15) is 10.8 Å². The monoisotopic (exact) mass is 678 g/mol. The van der Waals surface area contributed by atoms with E-state index in [0.29, 0.717) is 17.1 Å². The van der Waals surface area contributed by atoms with E-state index < -0.39 is 20.0 Å². The zero-order valence-electron chi connectivity index (χ0n) is 29.6. The van der Waals surface area contributed by atoms with Gasteiger partial charge in [-0.25, -0.2) is 9.78 Å². The molecule has 8 nitrogen and oxygen atoms in total. The summed E-state index contributed by atoms with van der Waals surface area (Å²) in [5.41, 5.74) is 2.86. The average Bonchev–Trinajstić information content (AvgIpc) is 3.42. The molecule has 1 fully saturated rings. The zero-order valence-corrected chi connectivity index (χ0v) is 31.3. The van der Waals surface area contributed by atoms with E-state index in [1.807, 2.05) is 82.1 Å². The number of pyridine rings is 2. The third kappa shape index (κ3) is 9.00. The first-order valence-electron chi connectivity index (χ1n) is 16.4. The molecule has 1 aliphatic heterocycles. The van der Waals surface area contributed by atoms with Crippen LogP contribution in [0.5, 0.6) is 0 Å². The molecule has 3 aromatic rings. The van der Waals surface area contributed by atoms with E-state index in [1.165, 1.54) is 0 Å². The summed E-state index contributed by atoms with van der Waals surface area (Å²) < 4.78 is 13.1. The number of ether oxygens (including phenoxy) is 1. The summed E-state index contributed by atoms with van der Waals surface area (Å²) in [5.74, 6) is -0.0635. The Bertz CT molecular complexity index is 1500. The summed E-state index contributed by atoms with van der Waals surface area (Å²) in [4.78, 5) is 39.6. The van der Waals surface area contributed by atoms with Crippen LogP contribution < -0.4 is 0 Å². The van der Waals surface area contributed by atoms with Crippen LogP contribution in [0.2, 0.25) is 23.3 Å². The van der Waals surface area contributed by atoms with Crippen molar-refractivity contribution in [3.05, 3.63) is 94.5 Å². The average molecular weight is 679 g/mol. The Morgan fingerprint density at radius 1 is 1.00 bits per heavy atom. The van der Waals surface area contributed by atoms with Crippen molar-refractivity contribution in [2.45, 2.75) is 116 Å². The smallest absolute Gasteiger partial charge is 0.410 e. The summed E-state index contributed by atoms with van der Waals surface area (Å²) >= 11 is 6.18. The molecule has 0 radical (unpaired) electrons. The predicted molar refractivity (Wildman–Crippen MR) is 190 cm³/mol. The van der Waals surface area contributed by atoms with Gasteiger partial charge in [0.25, 0.3) is 5.91 Å². The normalized spacial score (nSPS) is 18.5. The number of carbonyl (C=O) groups is 2. The Morgan fingerprint density at radius 2 is 1.68 bits per heavy atom. The van der Waals surface area contributed by atoms with Gasteiger partial charge in [-0.15, -0.1) is 0 Å². The lowest BCUT2D eigenvalue weighted by Gasteiger charge is -2.43. The lowest BCUT2D eigenvalue weighted by molar-refractivity contribution is -0.00244. The number of halogens is 1. The Hall–Kier alpha value is -3.27. The molecule has 1 aliphatic rings. The molecule has 1 saturated heterocycles. The predicted octanol–water partition coefficient (Wildman–Crippen LogP) is 9.04. The van der Waals surface area contributed by atoms with E-state index in [-0.39, 0.29) is 35.2 Å². The standard InChI is InChI=1S/C37H51ClN4O4Si/c1-25(28-12-11-21-39-23-28)41(8)34(43)27-15-13-26(14-16-27)22-30-18-19-31(42(30)35(44)45-36(2,3)4)33(29-17-20-32(38)40-24-29)46-47(9,10)37(5,6)7/h11-17,20-21,23-25,30-31,33H,18-19,22H2,1-10H3. The van der Waals surface area contributed by atoms with E-state index in [9.17, 15) is 9.59 Å². The maximum atomic E-state index is 14.0. The number of nitrogens with zero attached hydrogens (tertiary/aromatic N) is 4. The molecule has 0 aliphatic carbocycles. The molecule has 4 unspecified atom stereocenters. The molecule has 0 spiro atoms. The third-order valence-electron chi connectivity index (χ3n) is 9.55. The Morgan fingerprint density at radius 3 is 2.23 bits per heavy atom. The summed E-state index contributed by atoms with van der Waals surface area (Å²) in [5, 5.41) is 0.371. The molecule has 1 aromatic carbocycles. The summed E-state index contributed by atoms with van der Waals surface area (Å²) in [6.07, 6.45) is 6.69. The first kappa shape index (κ1) is 36.6. The molecule has 47 heavy (non-hydrogen) atoms. The summed E-state index contributed by atoms with van der Waals surface area (Å²) in [7, 11) is -0.465. The first-order chi connectivity index (χ1) is 21.9. The molecule has 254 valence electrons. The number of carbonyl (C=O) groups excluding carboxylic acids is 2. The van der Waals surface area contributed by atoms with Crippen molar-refractivity contribution in [1.82, 2.24) is 19.8 Å². The number of amides is 2. The highest BCUT2D eigenvalue weighted by molar-refractivity contribution is 6.74. The van der Waals surface area contributed by atoms with Gasteiger partial charge in [-0.1, -0.05) is 56.6 Å². The molecule has 0 N–H and O–H groups in total. The quantitative estimate of drug-likeness (QED) is 0.166. The fourth-order valence-corrected chi connectivity index (χ4v) is 7.10. The lowest BCUT2D eigenvalue weighted by Crippen LogP contribution is -2.50. The van der Waals surface area contributed by atoms with Crippen LogP contribution in [0.25, 0.3) is 0 Å². The topological polar surface area (TPSA) is 84.9 Å². The molecular formula is C37H51ClN4O4Si. The molecule has 0 bridgehead atoms. The van der Waals surface area contributed by atoms with Gasteiger partial charge in [0.05, 0.1) is 18.2 Å². The molecule has 0 saturated carbocycles. The largest absolute Gasteiger partial charge is 0.444 e. The van der Waals surface area contributed by atoms with Crippen LogP contribution in [0.4, 0.5) is 4.79 Å². The van der Waals surface area contributed by atoms with Crippen LogP contribution in [0.1, 0.15) is 101 Å². The van der Waals surface area contributed by atoms with E-state index >= 15 is 0 Å². The van der Waals surface area contributed by atoms with E-state index in [1.54, 1.807) is 29.6 Å². The molecule has 2 amide bonds. The number of benzene rings is 1. The fourth-order valence-electron chi connectivity index (χ4n) is 5.71. The van der Waals surface area contributed by atoms with E-state index in [4.69, 9.17) is 20.8 Å². The van der Waals surface area contributed by atoms with Gasteiger partial charge in [-0.3, -0.25) is 14.7 Å². The molecule has 4 atom stereocenters. The van der Waals surface area contributed by atoms with Crippen molar-refractivity contribution in [1.29, 1.82) is 0 Å². The van der Waals surface area contributed by atoms with Crippen molar-refractivity contribution in [2.75, 3.05) is 7.05 Å². The number of hydrogen-bond acceptors (Lipinski definition) is 6. The van der Waals surface area contributed by atoms with Gasteiger partial charge in [-0.2, -0.15) is 0 Å². The van der Waals surface area contributed by atoms with Crippen LogP contribution in [0, 0.1) is 0 Å². The fraction of sp³-hybridized carbons (Fsp3) is 0.514. The number of likely N-dealkylation sites (tertiary alicyclic amines) is 1. The van der Waals surface area contributed by atoms with Crippen LogP contribution in [-0.2, 0) is 15.6 Å². The zero-order chi connectivity index (χ0) is 34.7. The highest BCUT2D eigenvalue weighted by atomic mass is 35.5. The van der Waals surface area contributed by atoms with Crippen molar-refractivity contribution >= 4 is 31.9 Å². The Labute approximate surface area is 287 Å². The molecular weight excluding hydrogens is 628 g/mol. The summed E-state index contributed by atoms with van der Waals surface area (Å²) in [6.45, 7) is 18.8. The Balaban J connectivity index is 1.61. The van der Waals surface area contributed by atoms with Gasteiger partial charge in [0, 0.05) is 42.8 Å². The molecule has 10 heteroatoms. The van der Waals surface area contributed by atoms with Crippen LogP contribution >= 0.6 is 11.6 Å². The molecule has 3 heterocycles. The Kier molecular flexibility index (Phi) is 11.2. The number of aromatic nitrogens is 2. The molecule has 4 rings (SSSR count). The van der Waals surface area contributed by atoms with Crippen molar-refractivity contribution in [2.24, 2.45) is 0 Å². The van der Waals surface area contributed by atoms with Crippen molar-refractivity contribution in [3.63, 3.8) is 0 Å². The van der Waals surface area contributed by atoms with Crippen LogP contribution in [-0.4, -0.2) is 64.8 Å². The second-order valence-electron chi connectivity index (χ2n) is 15.2. The van der Waals surface area contributed by atoms with Gasteiger partial charge >= 0.3 is 6.09 Å².